The number of thioether (sulfide) groups is 1. The summed E-state index contributed by atoms with van der Waals surface area (Å²) in [5.41, 5.74) is 1.88. The van der Waals surface area contributed by atoms with E-state index in [2.05, 4.69) is 38.1 Å². The fourth-order valence-corrected chi connectivity index (χ4v) is 2.94. The van der Waals surface area contributed by atoms with Gasteiger partial charge in [0.25, 0.3) is 5.22 Å². The number of nitrogens with zero attached hydrogens (tertiary/aromatic N) is 2. The van der Waals surface area contributed by atoms with E-state index in [1.54, 1.807) is 0 Å². The second-order valence-electron chi connectivity index (χ2n) is 4.97. The van der Waals surface area contributed by atoms with Gasteiger partial charge in [0, 0.05) is 9.26 Å². The maximum absolute atomic E-state index is 11.9. The van der Waals surface area contributed by atoms with Crippen LogP contribution in [0.25, 0.3) is 0 Å². The van der Waals surface area contributed by atoms with Crippen LogP contribution in [0.4, 0.5) is 5.69 Å². The van der Waals surface area contributed by atoms with E-state index in [0.717, 1.165) is 14.8 Å². The van der Waals surface area contributed by atoms with Gasteiger partial charge in [-0.1, -0.05) is 42.1 Å². The monoisotopic (exact) mass is 451 g/mol. The molecule has 1 amide bonds. The molecule has 1 heterocycles. The van der Waals surface area contributed by atoms with Gasteiger partial charge in [0.15, 0.2) is 0 Å². The molecule has 0 aliphatic carbocycles. The van der Waals surface area contributed by atoms with Crippen LogP contribution in [0.2, 0.25) is 0 Å². The third-order valence-electron chi connectivity index (χ3n) is 3.10. The molecule has 1 aromatic heterocycles. The highest BCUT2D eigenvalue weighted by atomic mass is 127. The summed E-state index contributed by atoms with van der Waals surface area (Å²) in [5, 5.41) is 11.2. The van der Waals surface area contributed by atoms with Crippen molar-refractivity contribution in [2.45, 2.75) is 11.6 Å². The molecule has 2 aromatic carbocycles. The number of anilines is 1. The Balaban J connectivity index is 1.50. The molecule has 0 aliphatic heterocycles. The number of carbonyl (C=O) groups is 1. The number of amides is 1. The van der Waals surface area contributed by atoms with Crippen LogP contribution in [-0.2, 0) is 11.2 Å². The Hall–Kier alpha value is -1.87. The van der Waals surface area contributed by atoms with Crippen LogP contribution < -0.4 is 5.32 Å². The summed E-state index contributed by atoms with van der Waals surface area (Å²) >= 11 is 3.45. The van der Waals surface area contributed by atoms with Crippen LogP contribution in [0.15, 0.2) is 64.2 Å². The molecule has 0 saturated carbocycles. The first kappa shape index (κ1) is 17.0. The van der Waals surface area contributed by atoms with Crippen molar-refractivity contribution in [2.24, 2.45) is 0 Å². The van der Waals surface area contributed by atoms with Crippen molar-refractivity contribution < 1.29 is 9.21 Å². The predicted molar refractivity (Wildman–Crippen MR) is 102 cm³/mol. The topological polar surface area (TPSA) is 68.0 Å². The molecule has 0 aliphatic rings. The quantitative estimate of drug-likeness (QED) is 0.454. The smallest absolute Gasteiger partial charge is 0.277 e. The van der Waals surface area contributed by atoms with Gasteiger partial charge >= 0.3 is 0 Å². The highest BCUT2D eigenvalue weighted by Crippen LogP contribution is 2.18. The molecule has 0 bridgehead atoms. The molecule has 0 saturated heterocycles. The largest absolute Gasteiger partial charge is 0.416 e. The summed E-state index contributed by atoms with van der Waals surface area (Å²) in [4.78, 5) is 11.9. The average Bonchev–Trinajstić information content (AvgIpc) is 3.03. The number of carbonyl (C=O) groups excluding carboxylic acids is 1. The number of hydrogen-bond acceptors (Lipinski definition) is 5. The first-order valence-corrected chi connectivity index (χ1v) is 9.30. The minimum absolute atomic E-state index is 0.107. The SMILES string of the molecule is O=C(CSc1nnc(Cc2ccccc2)o1)Nc1ccc(I)cc1. The van der Waals surface area contributed by atoms with Crippen molar-refractivity contribution in [3.05, 3.63) is 69.6 Å². The van der Waals surface area contributed by atoms with E-state index in [1.807, 2.05) is 54.6 Å². The van der Waals surface area contributed by atoms with E-state index >= 15 is 0 Å². The number of nitrogens with one attached hydrogen (secondary N) is 1. The fraction of sp³-hybridized carbons (Fsp3) is 0.118. The van der Waals surface area contributed by atoms with Crippen LogP contribution in [0.1, 0.15) is 11.5 Å². The lowest BCUT2D eigenvalue weighted by Crippen LogP contribution is -2.13. The van der Waals surface area contributed by atoms with E-state index in [4.69, 9.17) is 4.42 Å². The van der Waals surface area contributed by atoms with Gasteiger partial charge in [-0.3, -0.25) is 4.79 Å². The lowest BCUT2D eigenvalue weighted by atomic mass is 10.2. The molecule has 3 aromatic rings. The Kier molecular flexibility index (Phi) is 5.86. The fourth-order valence-electron chi connectivity index (χ4n) is 2.00. The van der Waals surface area contributed by atoms with Gasteiger partial charge in [-0.2, -0.15) is 0 Å². The van der Waals surface area contributed by atoms with Gasteiger partial charge in [-0.15, -0.1) is 10.2 Å². The maximum Gasteiger partial charge on any atom is 0.277 e. The van der Waals surface area contributed by atoms with Gasteiger partial charge in [0.1, 0.15) is 0 Å². The predicted octanol–water partition coefficient (Wildman–Crippen LogP) is 4.00. The molecule has 0 fully saturated rings. The van der Waals surface area contributed by atoms with E-state index in [9.17, 15) is 4.79 Å². The Morgan fingerprint density at radius 2 is 1.83 bits per heavy atom. The van der Waals surface area contributed by atoms with Crippen LogP contribution >= 0.6 is 34.4 Å². The van der Waals surface area contributed by atoms with Crippen molar-refractivity contribution in [3.8, 4) is 0 Å². The van der Waals surface area contributed by atoms with Crippen molar-refractivity contribution in [1.82, 2.24) is 10.2 Å². The van der Waals surface area contributed by atoms with E-state index in [-0.39, 0.29) is 11.7 Å². The normalized spacial score (nSPS) is 10.5. The van der Waals surface area contributed by atoms with E-state index in [1.165, 1.54) is 11.8 Å². The van der Waals surface area contributed by atoms with Gasteiger partial charge < -0.3 is 9.73 Å². The molecule has 24 heavy (non-hydrogen) atoms. The zero-order valence-electron chi connectivity index (χ0n) is 12.6. The first-order valence-electron chi connectivity index (χ1n) is 7.23. The number of aromatic nitrogens is 2. The van der Waals surface area contributed by atoms with Crippen molar-refractivity contribution >= 4 is 45.9 Å². The number of hydrogen-bond donors (Lipinski definition) is 1. The van der Waals surface area contributed by atoms with Crippen molar-refractivity contribution in [1.29, 1.82) is 0 Å². The molecule has 0 atom stereocenters. The lowest BCUT2D eigenvalue weighted by Gasteiger charge is -2.03. The zero-order chi connectivity index (χ0) is 16.8. The van der Waals surface area contributed by atoms with Gasteiger partial charge in [-0.05, 0) is 52.4 Å². The van der Waals surface area contributed by atoms with Crippen LogP contribution in [0.3, 0.4) is 0 Å². The summed E-state index contributed by atoms with van der Waals surface area (Å²) in [6, 6.07) is 17.5. The average molecular weight is 451 g/mol. The minimum Gasteiger partial charge on any atom is -0.416 e. The Labute approximate surface area is 157 Å². The first-order chi connectivity index (χ1) is 11.7. The summed E-state index contributed by atoms with van der Waals surface area (Å²) in [6.07, 6.45) is 0.587. The molecule has 0 unspecified atom stereocenters. The van der Waals surface area contributed by atoms with E-state index < -0.39 is 0 Å². The molecule has 0 spiro atoms. The Morgan fingerprint density at radius 3 is 2.58 bits per heavy atom. The third-order valence-corrected chi connectivity index (χ3v) is 4.64. The van der Waals surface area contributed by atoms with Crippen molar-refractivity contribution in [3.63, 3.8) is 0 Å². The minimum atomic E-state index is -0.107. The zero-order valence-corrected chi connectivity index (χ0v) is 15.6. The molecule has 5 nitrogen and oxygen atoms in total. The molecule has 7 heteroatoms. The molecule has 3 rings (SSSR count). The van der Waals surface area contributed by atoms with Crippen LogP contribution in [0, 0.1) is 3.57 Å². The van der Waals surface area contributed by atoms with Crippen LogP contribution in [0.5, 0.6) is 0 Å². The van der Waals surface area contributed by atoms with Gasteiger partial charge in [0.05, 0.1) is 12.2 Å². The third kappa shape index (κ3) is 5.07. The second kappa shape index (κ2) is 8.29. The number of rotatable bonds is 6. The van der Waals surface area contributed by atoms with Gasteiger partial charge in [-0.25, -0.2) is 0 Å². The molecule has 0 radical (unpaired) electrons. The highest BCUT2D eigenvalue weighted by Gasteiger charge is 2.10. The number of halogens is 1. The summed E-state index contributed by atoms with van der Waals surface area (Å²) in [5.74, 6) is 0.657. The molecular formula is C17H14IN3O2S. The molecule has 1 N–H and O–H groups in total. The highest BCUT2D eigenvalue weighted by molar-refractivity contribution is 14.1. The Morgan fingerprint density at radius 1 is 1.08 bits per heavy atom. The van der Waals surface area contributed by atoms with Crippen molar-refractivity contribution in [2.75, 3.05) is 11.1 Å². The lowest BCUT2D eigenvalue weighted by molar-refractivity contribution is -0.113. The Bertz CT molecular complexity index is 806. The second-order valence-corrected chi connectivity index (χ2v) is 7.14. The summed E-state index contributed by atoms with van der Waals surface area (Å²) < 4.78 is 6.69. The maximum atomic E-state index is 11.9. The molecular weight excluding hydrogens is 437 g/mol. The summed E-state index contributed by atoms with van der Waals surface area (Å²) in [7, 11) is 0. The molecule has 122 valence electrons. The van der Waals surface area contributed by atoms with Gasteiger partial charge in [0.2, 0.25) is 11.8 Å². The number of benzene rings is 2. The summed E-state index contributed by atoms with van der Waals surface area (Å²) in [6.45, 7) is 0. The van der Waals surface area contributed by atoms with E-state index in [0.29, 0.717) is 17.5 Å². The van der Waals surface area contributed by atoms with Crippen LogP contribution in [-0.4, -0.2) is 21.9 Å². The standard InChI is InChI=1S/C17H14IN3O2S/c18-13-6-8-14(9-7-13)19-15(22)11-24-17-21-20-16(23-17)10-12-4-2-1-3-5-12/h1-9H,10-11H2,(H,19,22).